The van der Waals surface area contributed by atoms with Crippen LogP contribution in [0.2, 0.25) is 0 Å². The van der Waals surface area contributed by atoms with Crippen LogP contribution in [0, 0.1) is 10.8 Å². The first kappa shape index (κ1) is 14.3. The summed E-state index contributed by atoms with van der Waals surface area (Å²) in [4.78, 5) is 2.66. The first-order valence-corrected chi connectivity index (χ1v) is 7.56. The lowest BCUT2D eigenvalue weighted by atomic mass is 9.79. The Hall–Kier alpha value is -0.120. The summed E-state index contributed by atoms with van der Waals surface area (Å²) in [5, 5.41) is 0. The van der Waals surface area contributed by atoms with Crippen LogP contribution >= 0.6 is 0 Å². The molecule has 2 rings (SSSR count). The predicted octanol–water partition coefficient (Wildman–Crippen LogP) is 2.25. The summed E-state index contributed by atoms with van der Waals surface area (Å²) in [5.41, 5.74) is 6.92. The lowest BCUT2D eigenvalue weighted by Crippen LogP contribution is -2.46. The fourth-order valence-electron chi connectivity index (χ4n) is 3.34. The lowest BCUT2D eigenvalue weighted by Gasteiger charge is -2.40. The third kappa shape index (κ3) is 3.69. The molecule has 3 heteroatoms. The molecule has 0 saturated carbocycles. The van der Waals surface area contributed by atoms with E-state index in [9.17, 15) is 0 Å². The van der Waals surface area contributed by atoms with Crippen molar-refractivity contribution in [3.63, 3.8) is 0 Å². The van der Waals surface area contributed by atoms with Crippen LogP contribution in [0.25, 0.3) is 0 Å². The van der Waals surface area contributed by atoms with Crippen LogP contribution in [-0.2, 0) is 4.74 Å². The summed E-state index contributed by atoms with van der Waals surface area (Å²) >= 11 is 0. The van der Waals surface area contributed by atoms with Crippen LogP contribution in [0.5, 0.6) is 0 Å². The van der Waals surface area contributed by atoms with Crippen LogP contribution in [0.1, 0.15) is 46.0 Å². The van der Waals surface area contributed by atoms with E-state index in [0.717, 1.165) is 32.6 Å². The van der Waals surface area contributed by atoms with Crippen molar-refractivity contribution in [2.24, 2.45) is 16.6 Å². The summed E-state index contributed by atoms with van der Waals surface area (Å²) in [6.07, 6.45) is 6.31. The average Bonchev–Trinajstić information content (AvgIpc) is 2.52. The fourth-order valence-corrected chi connectivity index (χ4v) is 3.34. The van der Waals surface area contributed by atoms with Gasteiger partial charge in [-0.2, -0.15) is 0 Å². The van der Waals surface area contributed by atoms with E-state index in [2.05, 4.69) is 18.7 Å². The number of rotatable bonds is 3. The first-order chi connectivity index (χ1) is 8.55. The van der Waals surface area contributed by atoms with Crippen molar-refractivity contribution in [1.29, 1.82) is 0 Å². The highest BCUT2D eigenvalue weighted by atomic mass is 16.5. The molecule has 0 unspecified atom stereocenters. The molecule has 3 nitrogen and oxygen atoms in total. The van der Waals surface area contributed by atoms with Gasteiger partial charge in [-0.3, -0.25) is 0 Å². The predicted molar refractivity (Wildman–Crippen MR) is 75.6 cm³/mol. The number of ether oxygens (including phenoxy) is 1. The van der Waals surface area contributed by atoms with Gasteiger partial charge in [0.15, 0.2) is 0 Å². The van der Waals surface area contributed by atoms with Crippen molar-refractivity contribution < 1.29 is 4.74 Å². The Morgan fingerprint density at radius 1 is 1.06 bits per heavy atom. The minimum absolute atomic E-state index is 0.326. The maximum atomic E-state index is 6.07. The van der Waals surface area contributed by atoms with Gasteiger partial charge in [0.05, 0.1) is 0 Å². The van der Waals surface area contributed by atoms with E-state index in [0.29, 0.717) is 10.8 Å². The van der Waals surface area contributed by atoms with Gasteiger partial charge < -0.3 is 15.4 Å². The Labute approximate surface area is 112 Å². The van der Waals surface area contributed by atoms with Gasteiger partial charge in [0.25, 0.3) is 0 Å². The zero-order valence-electron chi connectivity index (χ0n) is 12.2. The highest BCUT2D eigenvalue weighted by Gasteiger charge is 2.34. The van der Waals surface area contributed by atoms with Gasteiger partial charge in [-0.05, 0) is 62.6 Å². The minimum Gasteiger partial charge on any atom is -0.381 e. The zero-order chi connectivity index (χ0) is 13.1. The Balaban J connectivity index is 1.91. The van der Waals surface area contributed by atoms with E-state index in [1.807, 2.05) is 0 Å². The van der Waals surface area contributed by atoms with Crippen LogP contribution in [0.4, 0.5) is 0 Å². The molecule has 0 aromatic carbocycles. The molecular weight excluding hydrogens is 224 g/mol. The number of nitrogens with zero attached hydrogens (tertiary/aromatic N) is 1. The lowest BCUT2D eigenvalue weighted by molar-refractivity contribution is 0.0000229. The van der Waals surface area contributed by atoms with E-state index in [1.54, 1.807) is 0 Å². The van der Waals surface area contributed by atoms with Crippen LogP contribution < -0.4 is 5.73 Å². The van der Waals surface area contributed by atoms with Crippen LogP contribution in [0.3, 0.4) is 0 Å². The topological polar surface area (TPSA) is 38.5 Å². The van der Waals surface area contributed by atoms with Crippen molar-refractivity contribution in [3.8, 4) is 0 Å². The summed E-state index contributed by atoms with van der Waals surface area (Å²) in [5.74, 6) is 0. The maximum absolute atomic E-state index is 6.07. The second-order valence-corrected chi connectivity index (χ2v) is 7.11. The second kappa shape index (κ2) is 5.89. The van der Waals surface area contributed by atoms with E-state index >= 15 is 0 Å². The molecule has 106 valence electrons. The molecular formula is C15H30N2O. The van der Waals surface area contributed by atoms with E-state index < -0.39 is 0 Å². The molecule has 0 aromatic rings. The Morgan fingerprint density at radius 3 is 2.44 bits per heavy atom. The van der Waals surface area contributed by atoms with Crippen LogP contribution in [0.15, 0.2) is 0 Å². The Kier molecular flexibility index (Phi) is 4.68. The summed E-state index contributed by atoms with van der Waals surface area (Å²) in [6, 6.07) is 0. The van der Waals surface area contributed by atoms with Crippen molar-refractivity contribution in [2.45, 2.75) is 46.0 Å². The number of nitrogens with two attached hydrogens (primary N) is 1. The number of likely N-dealkylation sites (tertiary alicyclic amines) is 1. The molecule has 2 aliphatic rings. The maximum Gasteiger partial charge on any atom is 0.0472 e. The summed E-state index contributed by atoms with van der Waals surface area (Å²) < 4.78 is 5.50. The van der Waals surface area contributed by atoms with Gasteiger partial charge >= 0.3 is 0 Å². The monoisotopic (exact) mass is 254 g/mol. The minimum atomic E-state index is 0.326. The molecule has 18 heavy (non-hydrogen) atoms. The number of hydrogen-bond acceptors (Lipinski definition) is 3. The second-order valence-electron chi connectivity index (χ2n) is 7.11. The molecule has 2 heterocycles. The quantitative estimate of drug-likeness (QED) is 0.839. The van der Waals surface area contributed by atoms with Gasteiger partial charge in [-0.15, -0.1) is 0 Å². The first-order valence-electron chi connectivity index (χ1n) is 7.56. The summed E-state index contributed by atoms with van der Waals surface area (Å²) in [6.45, 7) is 11.1. The van der Waals surface area contributed by atoms with Gasteiger partial charge in [0.1, 0.15) is 0 Å². The SMILES string of the molecule is CC1(C)CCCN(CC2(CN)CCOCC2)CC1. The molecule has 2 fully saturated rings. The smallest absolute Gasteiger partial charge is 0.0472 e. The normalized spacial score (nSPS) is 28.8. The van der Waals surface area contributed by atoms with Gasteiger partial charge in [-0.25, -0.2) is 0 Å². The van der Waals surface area contributed by atoms with Gasteiger partial charge in [0.2, 0.25) is 0 Å². The van der Waals surface area contributed by atoms with Crippen molar-refractivity contribution in [2.75, 3.05) is 39.4 Å². The highest BCUT2D eigenvalue weighted by Crippen LogP contribution is 2.34. The molecule has 0 atom stereocenters. The van der Waals surface area contributed by atoms with Crippen molar-refractivity contribution in [3.05, 3.63) is 0 Å². The van der Waals surface area contributed by atoms with E-state index in [1.165, 1.54) is 38.9 Å². The van der Waals surface area contributed by atoms with Gasteiger partial charge in [-0.1, -0.05) is 13.8 Å². The summed E-state index contributed by atoms with van der Waals surface area (Å²) in [7, 11) is 0. The molecule has 0 aliphatic carbocycles. The third-order valence-electron chi connectivity index (χ3n) is 4.98. The zero-order valence-corrected chi connectivity index (χ0v) is 12.2. The van der Waals surface area contributed by atoms with E-state index in [-0.39, 0.29) is 0 Å². The van der Waals surface area contributed by atoms with E-state index in [4.69, 9.17) is 10.5 Å². The van der Waals surface area contributed by atoms with Crippen LogP contribution in [-0.4, -0.2) is 44.3 Å². The molecule has 0 spiro atoms. The van der Waals surface area contributed by atoms with Gasteiger partial charge in [0, 0.05) is 19.8 Å². The molecule has 0 amide bonds. The average molecular weight is 254 g/mol. The molecule has 2 N–H and O–H groups in total. The Morgan fingerprint density at radius 2 is 1.78 bits per heavy atom. The Bertz CT molecular complexity index is 259. The standard InChI is InChI=1S/C15H30N2O/c1-14(2)4-3-8-17(9-5-14)13-15(12-16)6-10-18-11-7-15/h3-13,16H2,1-2H3. The largest absolute Gasteiger partial charge is 0.381 e. The fraction of sp³-hybridized carbons (Fsp3) is 1.00. The third-order valence-corrected chi connectivity index (χ3v) is 4.98. The molecule has 0 bridgehead atoms. The molecule has 2 aliphatic heterocycles. The molecule has 0 aromatic heterocycles. The number of hydrogen-bond donors (Lipinski definition) is 1. The van der Waals surface area contributed by atoms with Crippen molar-refractivity contribution >= 4 is 0 Å². The van der Waals surface area contributed by atoms with Crippen molar-refractivity contribution in [1.82, 2.24) is 4.90 Å². The molecule has 2 saturated heterocycles. The molecule has 0 radical (unpaired) electrons. The highest BCUT2D eigenvalue weighted by molar-refractivity contribution is 4.87.